The van der Waals surface area contributed by atoms with Crippen molar-refractivity contribution in [1.29, 1.82) is 0 Å². The highest BCUT2D eigenvalue weighted by Crippen LogP contribution is 2.26. The summed E-state index contributed by atoms with van der Waals surface area (Å²) in [5.74, 6) is -5.86. The van der Waals surface area contributed by atoms with Gasteiger partial charge >= 0.3 is 6.09 Å². The van der Waals surface area contributed by atoms with Crippen molar-refractivity contribution in [2.45, 2.75) is 31.7 Å². The summed E-state index contributed by atoms with van der Waals surface area (Å²) in [5, 5.41) is 12.9. The van der Waals surface area contributed by atoms with E-state index in [-0.39, 0.29) is 31.6 Å². The molecule has 2 aromatic rings. The molecule has 2 aromatic carbocycles. The van der Waals surface area contributed by atoms with Crippen molar-refractivity contribution in [1.82, 2.24) is 10.2 Å². The third kappa shape index (κ3) is 4.86. The summed E-state index contributed by atoms with van der Waals surface area (Å²) in [7, 11) is 0. The van der Waals surface area contributed by atoms with E-state index in [1.54, 1.807) is 0 Å². The fourth-order valence-electron chi connectivity index (χ4n) is 3.05. The molecule has 2 amide bonds. The molecule has 0 bridgehead atoms. The predicted octanol–water partition coefficient (Wildman–Crippen LogP) is 2.84. The number of alkyl carbamates (subject to hydrolysis) is 1. The minimum absolute atomic E-state index is 0.00159. The van der Waals surface area contributed by atoms with Crippen molar-refractivity contribution in [3.63, 3.8) is 0 Å². The van der Waals surface area contributed by atoms with E-state index >= 15 is 0 Å². The number of ether oxygens (including phenoxy) is 1. The zero-order valence-electron chi connectivity index (χ0n) is 15.3. The summed E-state index contributed by atoms with van der Waals surface area (Å²) in [6.45, 7) is -0.0788. The van der Waals surface area contributed by atoms with Gasteiger partial charge in [0.25, 0.3) is 11.7 Å². The van der Waals surface area contributed by atoms with Crippen LogP contribution in [0.3, 0.4) is 0 Å². The van der Waals surface area contributed by atoms with Crippen LogP contribution < -0.4 is 5.32 Å². The normalized spacial score (nSPS) is 19.2. The number of benzene rings is 2. The third-order valence-electron chi connectivity index (χ3n) is 4.57. The van der Waals surface area contributed by atoms with Gasteiger partial charge in [-0.25, -0.2) is 18.0 Å². The number of piperidine rings is 1. The second kappa shape index (κ2) is 8.52. The van der Waals surface area contributed by atoms with E-state index in [1.165, 1.54) is 36.4 Å². The van der Waals surface area contributed by atoms with Gasteiger partial charge in [-0.05, 0) is 30.2 Å². The Morgan fingerprint density at radius 2 is 1.90 bits per heavy atom. The quantitative estimate of drug-likeness (QED) is 0.746. The van der Waals surface area contributed by atoms with Crippen LogP contribution in [0.1, 0.15) is 24.0 Å². The zero-order chi connectivity index (χ0) is 21.0. The monoisotopic (exact) mass is 408 g/mol. The van der Waals surface area contributed by atoms with E-state index in [0.29, 0.717) is 12.0 Å². The van der Waals surface area contributed by atoms with Crippen LogP contribution in [0.25, 0.3) is 0 Å². The standard InChI is InChI=1S/C20H19F3N2O4/c21-15-7-5-13(6-8-15)11-24-19(27)29-20(28)9-2-10-25(18(20)26)12-14-3-1-4-16(22)17(14)23/h1,3-8,28H,2,9-12H2,(H,24,27)/t20-/m0/s1. The molecule has 0 radical (unpaired) electrons. The fraction of sp³-hybridized carbons (Fsp3) is 0.300. The Labute approximate surface area is 164 Å². The van der Waals surface area contributed by atoms with Crippen LogP contribution in [0.5, 0.6) is 0 Å². The summed E-state index contributed by atoms with van der Waals surface area (Å²) in [4.78, 5) is 25.7. The first-order valence-corrected chi connectivity index (χ1v) is 8.94. The maximum atomic E-state index is 13.9. The molecule has 0 spiro atoms. The van der Waals surface area contributed by atoms with E-state index in [4.69, 9.17) is 4.74 Å². The summed E-state index contributed by atoms with van der Waals surface area (Å²) in [6.07, 6.45) is -0.869. The Hall–Kier alpha value is -3.07. The fourth-order valence-corrected chi connectivity index (χ4v) is 3.05. The van der Waals surface area contributed by atoms with Gasteiger partial charge < -0.3 is 20.1 Å². The smallest absolute Gasteiger partial charge is 0.407 e. The number of nitrogens with zero attached hydrogens (tertiary/aromatic N) is 1. The number of amides is 2. The highest BCUT2D eigenvalue weighted by Gasteiger charge is 2.46. The number of hydrogen-bond acceptors (Lipinski definition) is 4. The maximum absolute atomic E-state index is 13.9. The van der Waals surface area contributed by atoms with Crippen molar-refractivity contribution in [2.75, 3.05) is 6.54 Å². The van der Waals surface area contributed by atoms with Crippen molar-refractivity contribution in [3.05, 3.63) is 71.0 Å². The van der Waals surface area contributed by atoms with Gasteiger partial charge in [0.1, 0.15) is 5.82 Å². The molecule has 1 aliphatic rings. The van der Waals surface area contributed by atoms with E-state index in [2.05, 4.69) is 5.32 Å². The van der Waals surface area contributed by atoms with Gasteiger partial charge in [-0.15, -0.1) is 0 Å². The zero-order valence-corrected chi connectivity index (χ0v) is 15.3. The molecule has 1 saturated heterocycles. The second-order valence-electron chi connectivity index (χ2n) is 6.70. The van der Waals surface area contributed by atoms with E-state index in [1.807, 2.05) is 0 Å². The summed E-state index contributed by atoms with van der Waals surface area (Å²) in [6, 6.07) is 8.98. The molecule has 154 valence electrons. The first-order valence-electron chi connectivity index (χ1n) is 8.94. The largest absolute Gasteiger partial charge is 0.410 e. The Bertz CT molecular complexity index is 907. The number of likely N-dealkylation sites (tertiary alicyclic amines) is 1. The molecule has 9 heteroatoms. The van der Waals surface area contributed by atoms with E-state index in [9.17, 15) is 27.9 Å². The van der Waals surface area contributed by atoms with Gasteiger partial charge in [0.05, 0.1) is 0 Å². The number of carbonyl (C=O) groups is 2. The molecule has 0 aromatic heterocycles. The molecule has 0 unspecified atom stereocenters. The number of carbonyl (C=O) groups excluding carboxylic acids is 2. The first-order chi connectivity index (χ1) is 13.8. The van der Waals surface area contributed by atoms with Gasteiger partial charge in [-0.3, -0.25) is 4.79 Å². The predicted molar refractivity (Wildman–Crippen MR) is 95.7 cm³/mol. The molecule has 1 aliphatic heterocycles. The van der Waals surface area contributed by atoms with Gasteiger partial charge in [0.15, 0.2) is 11.6 Å². The lowest BCUT2D eigenvalue weighted by molar-refractivity contribution is -0.206. The average molecular weight is 408 g/mol. The maximum Gasteiger partial charge on any atom is 0.410 e. The Morgan fingerprint density at radius 1 is 1.17 bits per heavy atom. The topological polar surface area (TPSA) is 78.9 Å². The SMILES string of the molecule is O=C(NCc1ccc(F)cc1)O[C@@]1(O)CCCN(Cc2cccc(F)c2F)C1=O. The molecule has 2 N–H and O–H groups in total. The van der Waals surface area contributed by atoms with Crippen molar-refractivity contribution >= 4 is 12.0 Å². The number of aliphatic hydroxyl groups is 1. The van der Waals surface area contributed by atoms with Crippen LogP contribution in [0.4, 0.5) is 18.0 Å². The molecule has 0 aliphatic carbocycles. The summed E-state index contributed by atoms with van der Waals surface area (Å²) in [5.41, 5.74) is 0.539. The van der Waals surface area contributed by atoms with E-state index in [0.717, 1.165) is 11.0 Å². The first kappa shape index (κ1) is 20.7. The molecule has 1 heterocycles. The minimum Gasteiger partial charge on any atom is -0.407 e. The molecular weight excluding hydrogens is 389 g/mol. The highest BCUT2D eigenvalue weighted by molar-refractivity contribution is 5.86. The van der Waals surface area contributed by atoms with Crippen molar-refractivity contribution in [3.8, 4) is 0 Å². The lowest BCUT2D eigenvalue weighted by Crippen LogP contribution is -2.56. The average Bonchev–Trinajstić information content (AvgIpc) is 2.68. The third-order valence-corrected chi connectivity index (χ3v) is 4.57. The van der Waals surface area contributed by atoms with Crippen LogP contribution in [0.15, 0.2) is 42.5 Å². The molecule has 0 saturated carbocycles. The van der Waals surface area contributed by atoms with Gasteiger partial charge in [0, 0.05) is 31.6 Å². The number of halogens is 3. The molecule has 29 heavy (non-hydrogen) atoms. The number of hydrogen-bond donors (Lipinski definition) is 2. The summed E-state index contributed by atoms with van der Waals surface area (Å²) < 4.78 is 45.1. The molecular formula is C20H19F3N2O4. The summed E-state index contributed by atoms with van der Waals surface area (Å²) >= 11 is 0. The van der Waals surface area contributed by atoms with Crippen LogP contribution in [-0.2, 0) is 22.6 Å². The van der Waals surface area contributed by atoms with E-state index < -0.39 is 35.2 Å². The van der Waals surface area contributed by atoms with Crippen LogP contribution in [0.2, 0.25) is 0 Å². The molecule has 1 fully saturated rings. The Kier molecular flexibility index (Phi) is 6.07. The van der Waals surface area contributed by atoms with Gasteiger partial charge in [0.2, 0.25) is 0 Å². The molecule has 1 atom stereocenters. The van der Waals surface area contributed by atoms with Crippen LogP contribution in [0, 0.1) is 17.5 Å². The number of rotatable bonds is 5. The van der Waals surface area contributed by atoms with Gasteiger partial charge in [-0.1, -0.05) is 24.3 Å². The lowest BCUT2D eigenvalue weighted by atomic mass is 10.0. The van der Waals surface area contributed by atoms with Crippen LogP contribution >= 0.6 is 0 Å². The van der Waals surface area contributed by atoms with Gasteiger partial charge in [-0.2, -0.15) is 0 Å². The van der Waals surface area contributed by atoms with Crippen LogP contribution in [-0.4, -0.2) is 34.3 Å². The molecule has 3 rings (SSSR count). The number of nitrogens with one attached hydrogen (secondary N) is 1. The minimum atomic E-state index is -2.41. The highest BCUT2D eigenvalue weighted by atomic mass is 19.2. The Balaban J connectivity index is 1.62. The van der Waals surface area contributed by atoms with Crippen molar-refractivity contribution in [2.24, 2.45) is 0 Å². The van der Waals surface area contributed by atoms with Crippen molar-refractivity contribution < 1.29 is 32.6 Å². The molecule has 6 nitrogen and oxygen atoms in total. The Morgan fingerprint density at radius 3 is 2.62 bits per heavy atom. The lowest BCUT2D eigenvalue weighted by Gasteiger charge is -2.37. The second-order valence-corrected chi connectivity index (χ2v) is 6.70.